The Balaban J connectivity index is 2.30. The number of hydrogen-bond acceptors (Lipinski definition) is 3. The van der Waals surface area contributed by atoms with Crippen LogP contribution in [0.2, 0.25) is 0 Å². The number of benzene rings is 1. The molecule has 0 aliphatic carbocycles. The van der Waals surface area contributed by atoms with E-state index in [2.05, 4.69) is 4.98 Å². The molecule has 0 saturated carbocycles. The van der Waals surface area contributed by atoms with Crippen molar-refractivity contribution in [1.82, 2.24) is 4.98 Å². The standard InChI is InChI=1S/C16H20N2O/c1-4-15(19)14-11-17-16(10-12(14)2)18(3)13-8-6-5-7-9-13/h5-11,15,19H,4H2,1-3H3/t15-/m1/s1. The Morgan fingerprint density at radius 3 is 2.53 bits per heavy atom. The Kier molecular flexibility index (Phi) is 4.17. The lowest BCUT2D eigenvalue weighted by atomic mass is 10.0. The number of para-hydroxylation sites is 1. The van der Waals surface area contributed by atoms with Crippen molar-refractivity contribution in [2.75, 3.05) is 11.9 Å². The molecule has 3 heteroatoms. The van der Waals surface area contributed by atoms with Crippen LogP contribution < -0.4 is 4.90 Å². The van der Waals surface area contributed by atoms with Crippen LogP contribution in [0.1, 0.15) is 30.6 Å². The highest BCUT2D eigenvalue weighted by Gasteiger charge is 2.11. The molecule has 1 atom stereocenters. The molecular formula is C16H20N2O. The number of aryl methyl sites for hydroxylation is 1. The summed E-state index contributed by atoms with van der Waals surface area (Å²) in [5, 5.41) is 9.90. The molecule has 1 N–H and O–H groups in total. The Morgan fingerprint density at radius 2 is 1.95 bits per heavy atom. The third kappa shape index (κ3) is 2.93. The number of rotatable bonds is 4. The molecule has 2 rings (SSSR count). The predicted molar refractivity (Wildman–Crippen MR) is 78.7 cm³/mol. The van der Waals surface area contributed by atoms with Crippen molar-refractivity contribution >= 4 is 11.5 Å². The van der Waals surface area contributed by atoms with Gasteiger partial charge in [0.2, 0.25) is 0 Å². The van der Waals surface area contributed by atoms with E-state index in [1.165, 1.54) is 0 Å². The molecule has 0 bridgehead atoms. The van der Waals surface area contributed by atoms with Gasteiger partial charge in [-0.15, -0.1) is 0 Å². The van der Waals surface area contributed by atoms with Gasteiger partial charge in [0.05, 0.1) is 6.10 Å². The average molecular weight is 256 g/mol. The van der Waals surface area contributed by atoms with Crippen molar-refractivity contribution < 1.29 is 5.11 Å². The second-order valence-electron chi connectivity index (χ2n) is 4.72. The van der Waals surface area contributed by atoms with Crippen molar-refractivity contribution in [2.24, 2.45) is 0 Å². The van der Waals surface area contributed by atoms with Crippen LogP contribution >= 0.6 is 0 Å². The van der Waals surface area contributed by atoms with Gasteiger partial charge in [-0.2, -0.15) is 0 Å². The van der Waals surface area contributed by atoms with Gasteiger partial charge < -0.3 is 10.0 Å². The quantitative estimate of drug-likeness (QED) is 0.908. The normalized spacial score (nSPS) is 12.2. The zero-order valence-electron chi connectivity index (χ0n) is 11.7. The van der Waals surface area contributed by atoms with Crippen LogP contribution in [0.15, 0.2) is 42.6 Å². The third-order valence-electron chi connectivity index (χ3n) is 3.37. The van der Waals surface area contributed by atoms with Crippen LogP contribution in [-0.4, -0.2) is 17.1 Å². The zero-order valence-corrected chi connectivity index (χ0v) is 11.7. The first kappa shape index (κ1) is 13.6. The highest BCUT2D eigenvalue weighted by Crippen LogP contribution is 2.26. The molecule has 100 valence electrons. The third-order valence-corrected chi connectivity index (χ3v) is 3.37. The van der Waals surface area contributed by atoms with E-state index in [1.54, 1.807) is 6.20 Å². The Hall–Kier alpha value is -1.87. The number of anilines is 2. The molecule has 19 heavy (non-hydrogen) atoms. The second-order valence-corrected chi connectivity index (χ2v) is 4.72. The van der Waals surface area contributed by atoms with Crippen molar-refractivity contribution in [3.05, 3.63) is 53.7 Å². The maximum Gasteiger partial charge on any atom is 0.132 e. The number of aromatic nitrogens is 1. The summed E-state index contributed by atoms with van der Waals surface area (Å²) in [6.45, 7) is 3.98. The van der Waals surface area contributed by atoms with Crippen molar-refractivity contribution in [3.8, 4) is 0 Å². The summed E-state index contributed by atoms with van der Waals surface area (Å²) in [6.07, 6.45) is 2.05. The Labute approximate surface area is 114 Å². The van der Waals surface area contributed by atoms with Crippen LogP contribution in [0.3, 0.4) is 0 Å². The van der Waals surface area contributed by atoms with Gasteiger partial charge in [-0.05, 0) is 37.1 Å². The Morgan fingerprint density at radius 1 is 1.26 bits per heavy atom. The summed E-state index contributed by atoms with van der Waals surface area (Å²) >= 11 is 0. The fourth-order valence-corrected chi connectivity index (χ4v) is 2.09. The second kappa shape index (κ2) is 5.85. The SMILES string of the molecule is CC[C@@H](O)c1cnc(N(C)c2ccccc2)cc1C. The van der Waals surface area contributed by atoms with Crippen LogP contribution in [0.25, 0.3) is 0 Å². The van der Waals surface area contributed by atoms with Gasteiger partial charge in [-0.25, -0.2) is 4.98 Å². The minimum atomic E-state index is -0.427. The molecule has 0 aliphatic heterocycles. The lowest BCUT2D eigenvalue weighted by Crippen LogP contribution is -2.12. The monoisotopic (exact) mass is 256 g/mol. The number of nitrogens with zero attached hydrogens (tertiary/aromatic N) is 2. The van der Waals surface area contributed by atoms with Gasteiger partial charge in [0.1, 0.15) is 5.82 Å². The molecule has 3 nitrogen and oxygen atoms in total. The van der Waals surface area contributed by atoms with Gasteiger partial charge in [0.25, 0.3) is 0 Å². The zero-order chi connectivity index (χ0) is 13.8. The summed E-state index contributed by atoms with van der Waals surface area (Å²) < 4.78 is 0. The van der Waals surface area contributed by atoms with Gasteiger partial charge >= 0.3 is 0 Å². The van der Waals surface area contributed by atoms with E-state index in [0.29, 0.717) is 6.42 Å². The van der Waals surface area contributed by atoms with Crippen molar-refractivity contribution in [2.45, 2.75) is 26.4 Å². The van der Waals surface area contributed by atoms with Gasteiger partial charge in [0, 0.05) is 24.5 Å². The molecule has 1 aromatic carbocycles. The number of pyridine rings is 1. The summed E-state index contributed by atoms with van der Waals surface area (Å²) in [7, 11) is 1.99. The average Bonchev–Trinajstić information content (AvgIpc) is 2.46. The summed E-state index contributed by atoms with van der Waals surface area (Å²) in [6, 6.07) is 12.1. The fraction of sp³-hybridized carbons (Fsp3) is 0.312. The van der Waals surface area contributed by atoms with E-state index in [4.69, 9.17) is 0 Å². The first-order chi connectivity index (χ1) is 9.13. The van der Waals surface area contributed by atoms with Gasteiger partial charge in [-0.1, -0.05) is 25.1 Å². The first-order valence-electron chi connectivity index (χ1n) is 6.57. The predicted octanol–water partition coefficient (Wildman–Crippen LogP) is 3.60. The molecule has 1 aromatic heterocycles. The number of hydrogen-bond donors (Lipinski definition) is 1. The largest absolute Gasteiger partial charge is 0.388 e. The van der Waals surface area contributed by atoms with Gasteiger partial charge in [0.15, 0.2) is 0 Å². The van der Waals surface area contributed by atoms with E-state index in [0.717, 1.165) is 22.6 Å². The molecule has 0 saturated heterocycles. The molecule has 0 fully saturated rings. The number of aliphatic hydroxyl groups is 1. The van der Waals surface area contributed by atoms with E-state index >= 15 is 0 Å². The topological polar surface area (TPSA) is 36.4 Å². The minimum absolute atomic E-state index is 0.427. The summed E-state index contributed by atoms with van der Waals surface area (Å²) in [5.41, 5.74) is 3.08. The molecular weight excluding hydrogens is 236 g/mol. The van der Waals surface area contributed by atoms with E-state index in [-0.39, 0.29) is 0 Å². The lowest BCUT2D eigenvalue weighted by Gasteiger charge is -2.20. The molecule has 0 spiro atoms. The van der Waals surface area contributed by atoms with Crippen LogP contribution in [-0.2, 0) is 0 Å². The van der Waals surface area contributed by atoms with Crippen molar-refractivity contribution in [3.63, 3.8) is 0 Å². The van der Waals surface area contributed by atoms with E-state index < -0.39 is 6.10 Å². The first-order valence-corrected chi connectivity index (χ1v) is 6.57. The van der Waals surface area contributed by atoms with Crippen molar-refractivity contribution in [1.29, 1.82) is 0 Å². The highest BCUT2D eigenvalue weighted by atomic mass is 16.3. The minimum Gasteiger partial charge on any atom is -0.388 e. The van der Waals surface area contributed by atoms with Gasteiger partial charge in [-0.3, -0.25) is 0 Å². The van der Waals surface area contributed by atoms with E-state index in [9.17, 15) is 5.11 Å². The maximum absolute atomic E-state index is 9.90. The molecule has 1 heterocycles. The molecule has 0 radical (unpaired) electrons. The molecule has 2 aromatic rings. The molecule has 0 amide bonds. The van der Waals surface area contributed by atoms with Crippen LogP contribution in [0.5, 0.6) is 0 Å². The number of aliphatic hydroxyl groups excluding tert-OH is 1. The molecule has 0 aliphatic rings. The fourth-order valence-electron chi connectivity index (χ4n) is 2.09. The molecule has 0 unspecified atom stereocenters. The lowest BCUT2D eigenvalue weighted by molar-refractivity contribution is 0.172. The van der Waals surface area contributed by atoms with Crippen LogP contribution in [0, 0.1) is 6.92 Å². The Bertz CT molecular complexity index is 540. The highest BCUT2D eigenvalue weighted by molar-refractivity contribution is 5.59. The summed E-state index contributed by atoms with van der Waals surface area (Å²) in [5.74, 6) is 0.885. The van der Waals surface area contributed by atoms with E-state index in [1.807, 2.05) is 62.2 Å². The summed E-state index contributed by atoms with van der Waals surface area (Å²) in [4.78, 5) is 6.49. The maximum atomic E-state index is 9.90. The van der Waals surface area contributed by atoms with Crippen LogP contribution in [0.4, 0.5) is 11.5 Å². The smallest absolute Gasteiger partial charge is 0.132 e.